The van der Waals surface area contributed by atoms with Crippen molar-refractivity contribution in [1.82, 2.24) is 15.1 Å². The highest BCUT2D eigenvalue weighted by atomic mass is 15.3. The topological polar surface area (TPSA) is 29.9 Å². The standard InChI is InChI=1S/C17H31N3/c1-5-11-18-16(15-8-12-19-20(15)4)17(13-14(2)3)9-6-7-10-17/h8,12,14,16,18H,5-7,9-11,13H2,1-4H3. The number of aryl methyl sites for hydroxylation is 1. The maximum atomic E-state index is 4.40. The van der Waals surface area contributed by atoms with Gasteiger partial charge in [-0.3, -0.25) is 4.68 Å². The molecule has 0 saturated heterocycles. The van der Waals surface area contributed by atoms with Gasteiger partial charge in [0, 0.05) is 13.2 Å². The van der Waals surface area contributed by atoms with E-state index >= 15 is 0 Å². The molecule has 0 aliphatic heterocycles. The summed E-state index contributed by atoms with van der Waals surface area (Å²) < 4.78 is 2.06. The molecule has 1 atom stereocenters. The average molecular weight is 277 g/mol. The molecule has 3 nitrogen and oxygen atoms in total. The van der Waals surface area contributed by atoms with Crippen LogP contribution in [0.5, 0.6) is 0 Å². The highest BCUT2D eigenvalue weighted by Crippen LogP contribution is 2.51. The van der Waals surface area contributed by atoms with Gasteiger partial charge < -0.3 is 5.32 Å². The second-order valence-electron chi connectivity index (χ2n) is 6.93. The molecule has 1 aliphatic rings. The molecule has 114 valence electrons. The van der Waals surface area contributed by atoms with Crippen LogP contribution in [0.25, 0.3) is 0 Å². The van der Waals surface area contributed by atoms with E-state index in [1.807, 2.05) is 6.20 Å². The number of aromatic nitrogens is 2. The summed E-state index contributed by atoms with van der Waals surface area (Å²) in [5.74, 6) is 0.757. The van der Waals surface area contributed by atoms with Crippen LogP contribution in [0.1, 0.15) is 71.0 Å². The van der Waals surface area contributed by atoms with Crippen molar-refractivity contribution in [3.8, 4) is 0 Å². The molecule has 0 radical (unpaired) electrons. The Bertz CT molecular complexity index is 402. The third-order valence-electron chi connectivity index (χ3n) is 4.78. The number of nitrogens with one attached hydrogen (secondary N) is 1. The summed E-state index contributed by atoms with van der Waals surface area (Å²) in [6, 6.07) is 2.66. The summed E-state index contributed by atoms with van der Waals surface area (Å²) >= 11 is 0. The van der Waals surface area contributed by atoms with Gasteiger partial charge in [0.2, 0.25) is 0 Å². The SMILES string of the molecule is CCCNC(c1ccnn1C)C1(CC(C)C)CCCC1. The fourth-order valence-corrected chi connectivity index (χ4v) is 4.09. The minimum absolute atomic E-state index is 0.428. The van der Waals surface area contributed by atoms with Crippen molar-refractivity contribution >= 4 is 0 Å². The van der Waals surface area contributed by atoms with Gasteiger partial charge in [0.25, 0.3) is 0 Å². The van der Waals surface area contributed by atoms with Crippen LogP contribution in [0.2, 0.25) is 0 Å². The quantitative estimate of drug-likeness (QED) is 0.814. The molecule has 0 amide bonds. The lowest BCUT2D eigenvalue weighted by Gasteiger charge is -2.40. The van der Waals surface area contributed by atoms with E-state index < -0.39 is 0 Å². The Balaban J connectivity index is 2.29. The van der Waals surface area contributed by atoms with E-state index in [0.717, 1.165) is 12.5 Å². The maximum absolute atomic E-state index is 4.40. The van der Waals surface area contributed by atoms with Crippen LogP contribution in [0.4, 0.5) is 0 Å². The largest absolute Gasteiger partial charge is 0.308 e. The highest BCUT2D eigenvalue weighted by molar-refractivity contribution is 5.13. The Morgan fingerprint density at radius 2 is 2.05 bits per heavy atom. The fraction of sp³-hybridized carbons (Fsp3) is 0.824. The first kappa shape index (κ1) is 15.6. The van der Waals surface area contributed by atoms with Gasteiger partial charge >= 0.3 is 0 Å². The van der Waals surface area contributed by atoms with E-state index in [-0.39, 0.29) is 0 Å². The fourth-order valence-electron chi connectivity index (χ4n) is 4.09. The van der Waals surface area contributed by atoms with Crippen molar-refractivity contribution in [1.29, 1.82) is 0 Å². The molecule has 20 heavy (non-hydrogen) atoms. The minimum atomic E-state index is 0.428. The van der Waals surface area contributed by atoms with Crippen molar-refractivity contribution in [2.45, 2.75) is 65.3 Å². The van der Waals surface area contributed by atoms with E-state index in [0.29, 0.717) is 11.5 Å². The molecule has 3 heteroatoms. The van der Waals surface area contributed by atoms with Gasteiger partial charge in [0.05, 0.1) is 11.7 Å². The molecular formula is C17H31N3. The van der Waals surface area contributed by atoms with Crippen LogP contribution < -0.4 is 5.32 Å². The van der Waals surface area contributed by atoms with E-state index in [9.17, 15) is 0 Å². The lowest BCUT2D eigenvalue weighted by Crippen LogP contribution is -2.39. The first-order valence-electron chi connectivity index (χ1n) is 8.30. The molecule has 1 heterocycles. The lowest BCUT2D eigenvalue weighted by molar-refractivity contribution is 0.149. The van der Waals surface area contributed by atoms with Gasteiger partial charge in [-0.05, 0) is 49.6 Å². The van der Waals surface area contributed by atoms with Crippen molar-refractivity contribution in [2.24, 2.45) is 18.4 Å². The molecular weight excluding hydrogens is 246 g/mol. The first-order chi connectivity index (χ1) is 9.59. The summed E-state index contributed by atoms with van der Waals surface area (Å²) in [5, 5.41) is 8.24. The van der Waals surface area contributed by atoms with Crippen LogP contribution in [0.15, 0.2) is 12.3 Å². The van der Waals surface area contributed by atoms with Gasteiger partial charge in [-0.1, -0.05) is 33.6 Å². The molecule has 0 aromatic carbocycles. The van der Waals surface area contributed by atoms with Crippen LogP contribution in [-0.4, -0.2) is 16.3 Å². The van der Waals surface area contributed by atoms with Gasteiger partial charge in [-0.15, -0.1) is 0 Å². The number of hydrogen-bond donors (Lipinski definition) is 1. The first-order valence-corrected chi connectivity index (χ1v) is 8.30. The monoisotopic (exact) mass is 277 g/mol. The molecule has 1 saturated carbocycles. The summed E-state index contributed by atoms with van der Waals surface area (Å²) in [6.45, 7) is 8.06. The van der Waals surface area contributed by atoms with Crippen molar-refractivity contribution in [2.75, 3.05) is 6.54 Å². The van der Waals surface area contributed by atoms with Crippen molar-refractivity contribution in [3.63, 3.8) is 0 Å². The maximum Gasteiger partial charge on any atom is 0.0555 e. The predicted octanol–water partition coefficient (Wildman–Crippen LogP) is 4.07. The molecule has 1 aromatic heterocycles. The van der Waals surface area contributed by atoms with Crippen LogP contribution in [0.3, 0.4) is 0 Å². The Kier molecular flexibility index (Phi) is 5.25. The molecule has 1 aromatic rings. The summed E-state index contributed by atoms with van der Waals surface area (Å²) in [7, 11) is 2.08. The Morgan fingerprint density at radius 3 is 2.55 bits per heavy atom. The molecule has 1 fully saturated rings. The zero-order valence-electron chi connectivity index (χ0n) is 13.7. The highest BCUT2D eigenvalue weighted by Gasteiger charge is 2.43. The molecule has 0 bridgehead atoms. The number of hydrogen-bond acceptors (Lipinski definition) is 2. The molecule has 2 rings (SSSR count). The van der Waals surface area contributed by atoms with Gasteiger partial charge in [-0.2, -0.15) is 5.10 Å². The van der Waals surface area contributed by atoms with Gasteiger partial charge in [-0.25, -0.2) is 0 Å². The van der Waals surface area contributed by atoms with Crippen molar-refractivity contribution in [3.05, 3.63) is 18.0 Å². The van der Waals surface area contributed by atoms with Crippen LogP contribution in [0, 0.1) is 11.3 Å². The molecule has 0 spiro atoms. The Hall–Kier alpha value is -0.830. The zero-order chi connectivity index (χ0) is 14.6. The minimum Gasteiger partial charge on any atom is -0.308 e. The third-order valence-corrected chi connectivity index (χ3v) is 4.78. The average Bonchev–Trinajstić information content (AvgIpc) is 3.00. The second kappa shape index (κ2) is 6.75. The molecule has 1 N–H and O–H groups in total. The number of rotatable bonds is 7. The summed E-state index contributed by atoms with van der Waals surface area (Å²) in [6.07, 6.45) is 9.93. The smallest absolute Gasteiger partial charge is 0.0555 e. The molecule has 1 aliphatic carbocycles. The van der Waals surface area contributed by atoms with Crippen LogP contribution >= 0.6 is 0 Å². The zero-order valence-corrected chi connectivity index (χ0v) is 13.7. The number of nitrogens with zero attached hydrogens (tertiary/aromatic N) is 2. The summed E-state index contributed by atoms with van der Waals surface area (Å²) in [5.41, 5.74) is 1.79. The van der Waals surface area contributed by atoms with E-state index in [1.54, 1.807) is 0 Å². The second-order valence-corrected chi connectivity index (χ2v) is 6.93. The molecule has 1 unspecified atom stereocenters. The van der Waals surface area contributed by atoms with E-state index in [4.69, 9.17) is 0 Å². The predicted molar refractivity (Wildman–Crippen MR) is 84.6 cm³/mol. The van der Waals surface area contributed by atoms with Gasteiger partial charge in [0.15, 0.2) is 0 Å². The van der Waals surface area contributed by atoms with Crippen molar-refractivity contribution < 1.29 is 0 Å². The summed E-state index contributed by atoms with van der Waals surface area (Å²) in [4.78, 5) is 0. The third kappa shape index (κ3) is 3.25. The van der Waals surface area contributed by atoms with E-state index in [2.05, 4.69) is 49.0 Å². The van der Waals surface area contributed by atoms with Crippen LogP contribution in [-0.2, 0) is 7.05 Å². The normalized spacial score (nSPS) is 19.6. The Morgan fingerprint density at radius 1 is 1.35 bits per heavy atom. The lowest BCUT2D eigenvalue weighted by atomic mass is 9.71. The van der Waals surface area contributed by atoms with Gasteiger partial charge in [0.1, 0.15) is 0 Å². The Labute approximate surface area is 124 Å². The van der Waals surface area contributed by atoms with E-state index in [1.165, 1.54) is 44.2 Å².